The molecule has 0 aliphatic rings. The van der Waals surface area contributed by atoms with Crippen LogP contribution in [0.1, 0.15) is 47.5 Å². The van der Waals surface area contributed by atoms with Gasteiger partial charge in [0.1, 0.15) is 0 Å². The van der Waals surface area contributed by atoms with Crippen molar-refractivity contribution >= 4 is 0 Å². The lowest BCUT2D eigenvalue weighted by molar-refractivity contribution is -0.0555. The molecule has 0 radical (unpaired) electrons. The van der Waals surface area contributed by atoms with Crippen LogP contribution in [0.25, 0.3) is 0 Å². The summed E-state index contributed by atoms with van der Waals surface area (Å²) in [5, 5.41) is 0. The van der Waals surface area contributed by atoms with E-state index in [1.807, 2.05) is 12.2 Å². The average molecular weight is 236 g/mol. The highest BCUT2D eigenvalue weighted by Crippen LogP contribution is 2.28. The fourth-order valence-corrected chi connectivity index (χ4v) is 1.64. The van der Waals surface area contributed by atoms with Crippen molar-refractivity contribution in [1.82, 2.24) is 0 Å². The predicted molar refractivity (Wildman–Crippen MR) is 77.2 cm³/mol. The smallest absolute Gasteiger partial charge is 0.0630 e. The first-order valence-corrected chi connectivity index (χ1v) is 6.39. The molecule has 0 rings (SSSR count). The molecule has 17 heavy (non-hydrogen) atoms. The molecule has 0 aliphatic carbocycles. The van der Waals surface area contributed by atoms with Gasteiger partial charge in [-0.15, -0.1) is 0 Å². The van der Waals surface area contributed by atoms with E-state index >= 15 is 0 Å². The van der Waals surface area contributed by atoms with Crippen LogP contribution in [0.3, 0.4) is 0 Å². The quantitative estimate of drug-likeness (QED) is 0.571. The molecule has 1 unspecified atom stereocenters. The van der Waals surface area contributed by atoms with Crippen molar-refractivity contribution < 1.29 is 4.74 Å². The molecular formula is C16H28O. The van der Waals surface area contributed by atoms with Crippen molar-refractivity contribution in [2.24, 2.45) is 5.41 Å². The summed E-state index contributed by atoms with van der Waals surface area (Å²) in [5.41, 5.74) is 1.30. The fourth-order valence-electron chi connectivity index (χ4n) is 1.64. The highest BCUT2D eigenvalue weighted by atomic mass is 16.5. The summed E-state index contributed by atoms with van der Waals surface area (Å²) in [7, 11) is 0. The van der Waals surface area contributed by atoms with Crippen molar-refractivity contribution in [1.29, 1.82) is 0 Å². The lowest BCUT2D eigenvalue weighted by Gasteiger charge is -2.32. The van der Waals surface area contributed by atoms with Gasteiger partial charge in [0.15, 0.2) is 0 Å². The zero-order valence-corrected chi connectivity index (χ0v) is 12.1. The van der Waals surface area contributed by atoms with E-state index in [0.717, 1.165) is 18.4 Å². The zero-order valence-electron chi connectivity index (χ0n) is 12.1. The first kappa shape index (κ1) is 16.2. The van der Waals surface area contributed by atoms with Gasteiger partial charge in [0.05, 0.1) is 12.2 Å². The second-order valence-electron chi connectivity index (χ2n) is 5.83. The van der Waals surface area contributed by atoms with Crippen molar-refractivity contribution in [2.45, 2.75) is 59.7 Å². The van der Waals surface area contributed by atoms with Crippen LogP contribution in [0.15, 0.2) is 37.0 Å². The van der Waals surface area contributed by atoms with Gasteiger partial charge >= 0.3 is 0 Å². The zero-order chi connectivity index (χ0) is 13.5. The molecule has 0 aliphatic heterocycles. The second kappa shape index (κ2) is 7.50. The third kappa shape index (κ3) is 7.98. The summed E-state index contributed by atoms with van der Waals surface area (Å²) in [6, 6.07) is 0. The maximum Gasteiger partial charge on any atom is 0.0630 e. The number of ether oxygens (including phenoxy) is 1. The normalized spacial score (nSPS) is 14.2. The fraction of sp³-hybridized carbons (Fsp3) is 0.625. The molecule has 98 valence electrons. The molecule has 1 atom stereocenters. The summed E-state index contributed by atoms with van der Waals surface area (Å²) in [5.74, 6) is 0. The second-order valence-corrected chi connectivity index (χ2v) is 5.83. The third-order valence-electron chi connectivity index (χ3n) is 2.60. The Bertz CT molecular complexity index is 266. The maximum atomic E-state index is 5.98. The Hall–Kier alpha value is -0.820. The summed E-state index contributed by atoms with van der Waals surface area (Å²) in [6.45, 7) is 18.5. The Morgan fingerprint density at radius 3 is 2.29 bits per heavy atom. The van der Waals surface area contributed by atoms with Gasteiger partial charge < -0.3 is 4.74 Å². The van der Waals surface area contributed by atoms with Gasteiger partial charge in [0.2, 0.25) is 0 Å². The van der Waals surface area contributed by atoms with Gasteiger partial charge in [-0.1, -0.05) is 57.7 Å². The molecule has 0 aromatic rings. The topological polar surface area (TPSA) is 9.23 Å². The van der Waals surface area contributed by atoms with Crippen LogP contribution in [-0.2, 0) is 4.74 Å². The largest absolute Gasteiger partial charge is 0.375 e. The Morgan fingerprint density at radius 1 is 1.29 bits per heavy atom. The molecule has 0 aromatic heterocycles. The molecule has 0 aromatic carbocycles. The number of rotatable bonds is 7. The van der Waals surface area contributed by atoms with Crippen LogP contribution in [0.5, 0.6) is 0 Å². The molecule has 0 bridgehead atoms. The van der Waals surface area contributed by atoms with Crippen LogP contribution in [-0.4, -0.2) is 12.2 Å². The van der Waals surface area contributed by atoms with Crippen molar-refractivity contribution in [3.8, 4) is 0 Å². The Morgan fingerprint density at radius 2 is 1.88 bits per heavy atom. The molecule has 1 nitrogen and oxygen atoms in total. The average Bonchev–Trinajstić information content (AvgIpc) is 2.19. The van der Waals surface area contributed by atoms with Crippen molar-refractivity contribution in [2.75, 3.05) is 0 Å². The van der Waals surface area contributed by atoms with Gasteiger partial charge in [-0.05, 0) is 32.1 Å². The monoisotopic (exact) mass is 236 g/mol. The van der Waals surface area contributed by atoms with Crippen LogP contribution < -0.4 is 0 Å². The summed E-state index contributed by atoms with van der Waals surface area (Å²) in [6.07, 6.45) is 8.25. The van der Waals surface area contributed by atoms with E-state index in [2.05, 4.69) is 47.8 Å². The molecule has 0 fully saturated rings. The van der Waals surface area contributed by atoms with E-state index in [1.54, 1.807) is 6.08 Å². The Kier molecular flexibility index (Phi) is 7.13. The van der Waals surface area contributed by atoms with E-state index in [0.29, 0.717) is 0 Å². The molecule has 0 amide bonds. The lowest BCUT2D eigenvalue weighted by Crippen LogP contribution is -2.31. The summed E-state index contributed by atoms with van der Waals surface area (Å²) in [4.78, 5) is 0. The highest BCUT2D eigenvalue weighted by molar-refractivity contribution is 5.18. The molecule has 0 saturated heterocycles. The van der Waals surface area contributed by atoms with E-state index in [9.17, 15) is 0 Å². The first-order valence-electron chi connectivity index (χ1n) is 6.39. The van der Waals surface area contributed by atoms with E-state index < -0.39 is 0 Å². The van der Waals surface area contributed by atoms with Gasteiger partial charge in [0.25, 0.3) is 0 Å². The summed E-state index contributed by atoms with van der Waals surface area (Å²) < 4.78 is 5.98. The van der Waals surface area contributed by atoms with Crippen LogP contribution in [0.4, 0.5) is 0 Å². The van der Waals surface area contributed by atoms with Crippen molar-refractivity contribution in [3.05, 3.63) is 37.0 Å². The van der Waals surface area contributed by atoms with Crippen molar-refractivity contribution in [3.63, 3.8) is 0 Å². The Balaban J connectivity index is 4.31. The highest BCUT2D eigenvalue weighted by Gasteiger charge is 2.25. The molecule has 0 heterocycles. The van der Waals surface area contributed by atoms with Gasteiger partial charge in [-0.25, -0.2) is 0 Å². The van der Waals surface area contributed by atoms with E-state index in [1.165, 1.54) is 0 Å². The van der Waals surface area contributed by atoms with E-state index in [-0.39, 0.29) is 17.6 Å². The number of hydrogen-bond donors (Lipinski definition) is 0. The van der Waals surface area contributed by atoms with Gasteiger partial charge in [-0.2, -0.15) is 0 Å². The van der Waals surface area contributed by atoms with E-state index in [4.69, 9.17) is 4.74 Å². The third-order valence-corrected chi connectivity index (χ3v) is 2.60. The minimum atomic E-state index is 0.173. The SMILES string of the molecule is C=C/C=C\C(=C)CCC(OC(C)C)C(C)(C)C. The molecular weight excluding hydrogens is 208 g/mol. The van der Waals surface area contributed by atoms with Crippen LogP contribution >= 0.6 is 0 Å². The predicted octanol–water partition coefficient (Wildman–Crippen LogP) is 4.90. The Labute approximate surface area is 107 Å². The molecule has 1 heteroatoms. The maximum absolute atomic E-state index is 5.98. The molecule has 0 N–H and O–H groups in total. The summed E-state index contributed by atoms with van der Waals surface area (Å²) >= 11 is 0. The molecule has 0 saturated carbocycles. The first-order chi connectivity index (χ1) is 7.77. The lowest BCUT2D eigenvalue weighted by atomic mass is 9.85. The number of allylic oxidation sites excluding steroid dienone is 4. The van der Waals surface area contributed by atoms with Gasteiger partial charge in [-0.3, -0.25) is 0 Å². The molecule has 0 spiro atoms. The number of hydrogen-bond acceptors (Lipinski definition) is 1. The minimum Gasteiger partial charge on any atom is -0.375 e. The van der Waals surface area contributed by atoms with Crippen LogP contribution in [0.2, 0.25) is 0 Å². The minimum absolute atomic E-state index is 0.173. The standard InChI is InChI=1S/C16H28O/c1-8-9-10-14(4)11-12-15(16(5,6)7)17-13(2)3/h8-10,13,15H,1,4,11-12H2,2-3,5-7H3/b10-9-. The van der Waals surface area contributed by atoms with Crippen LogP contribution in [0, 0.1) is 5.41 Å². The van der Waals surface area contributed by atoms with Gasteiger partial charge in [0, 0.05) is 0 Å².